The van der Waals surface area contributed by atoms with Gasteiger partial charge in [0.1, 0.15) is 12.1 Å². The summed E-state index contributed by atoms with van der Waals surface area (Å²) in [5, 5.41) is 25.4. The van der Waals surface area contributed by atoms with Crippen molar-refractivity contribution in [3.05, 3.63) is 101 Å². The number of hydrogen-bond donors (Lipinski definition) is 4. The zero-order valence-electron chi connectivity index (χ0n) is 42.2. The molecule has 0 aliphatic carbocycles. The number of carbonyl (C=O) groups excluding carboxylic acids is 4. The molecule has 3 aromatic heterocycles. The first kappa shape index (κ1) is 54.6. The molecular formula is C54H67F3N8O7S. The van der Waals surface area contributed by atoms with Gasteiger partial charge in [0.2, 0.25) is 17.7 Å². The van der Waals surface area contributed by atoms with Gasteiger partial charge in [0.05, 0.1) is 53.1 Å². The number of aliphatic hydroxyl groups excluding tert-OH is 1. The van der Waals surface area contributed by atoms with Crippen LogP contribution >= 0.6 is 11.3 Å². The van der Waals surface area contributed by atoms with Gasteiger partial charge < -0.3 is 35.4 Å². The molecule has 4 amide bonds. The first-order valence-corrected chi connectivity index (χ1v) is 25.9. The number of nitrogens with one attached hydrogen (secondary N) is 3. The number of fused-ring (bicyclic) bond motifs is 3. The van der Waals surface area contributed by atoms with Gasteiger partial charge in [0.25, 0.3) is 5.91 Å². The summed E-state index contributed by atoms with van der Waals surface area (Å²) in [5.74, 6) is -1.21. The maximum Gasteiger partial charge on any atom is 0.416 e. The molecule has 0 unspecified atom stereocenters. The van der Waals surface area contributed by atoms with Gasteiger partial charge in [-0.25, -0.2) is 4.98 Å². The van der Waals surface area contributed by atoms with Gasteiger partial charge in [-0.2, -0.15) is 18.3 Å². The molecule has 1 aliphatic rings. The molecule has 392 valence electrons. The fraction of sp³-hybridized carbons (Fsp3) is 0.481. The summed E-state index contributed by atoms with van der Waals surface area (Å²) in [6.45, 7) is 9.95. The van der Waals surface area contributed by atoms with Crippen LogP contribution in [0.15, 0.2) is 78.4 Å². The van der Waals surface area contributed by atoms with Crippen LogP contribution in [0.3, 0.4) is 0 Å². The number of likely N-dealkylation sites (tertiary alicyclic amines) is 1. The monoisotopic (exact) mass is 1030 g/mol. The first-order chi connectivity index (χ1) is 34.9. The number of amides is 4. The maximum absolute atomic E-state index is 14.0. The Hall–Kier alpha value is -6.15. The number of nitrogens with zero attached hydrogens (tertiary/aromatic N) is 5. The summed E-state index contributed by atoms with van der Waals surface area (Å²) in [6, 6.07) is 16.3. The van der Waals surface area contributed by atoms with Crippen molar-refractivity contribution in [1.29, 1.82) is 0 Å². The lowest BCUT2D eigenvalue weighted by Gasteiger charge is -2.35. The highest BCUT2D eigenvalue weighted by atomic mass is 32.1. The van der Waals surface area contributed by atoms with E-state index in [1.54, 1.807) is 45.8 Å². The van der Waals surface area contributed by atoms with E-state index < -0.39 is 35.3 Å². The lowest BCUT2D eigenvalue weighted by atomic mass is 9.85. The van der Waals surface area contributed by atoms with Gasteiger partial charge in [0, 0.05) is 74.4 Å². The van der Waals surface area contributed by atoms with E-state index in [2.05, 4.69) is 26.0 Å². The third-order valence-electron chi connectivity index (χ3n) is 13.1. The number of ether oxygens (including phenoxy) is 2. The number of unbranched alkanes of at least 4 members (excludes halogenated alkanes) is 6. The number of aromatic nitrogens is 4. The SMILES string of the molecule is Cc1ncsc1-c1ccc(CNC(=O)[C@@H]2C[C@@H](O)CN2C(=O)[C@@H](NC(=O)CCCCCCCCCOCCOCCNC(=O)c2ccc3c(c2)c2cn(C)nc2n3-c2ccc(C(F)(F)F)cc2)C(C)(C)C)cc1. The molecule has 3 aromatic carbocycles. The van der Waals surface area contributed by atoms with Gasteiger partial charge >= 0.3 is 6.18 Å². The van der Waals surface area contributed by atoms with Crippen LogP contribution in [0.1, 0.15) is 106 Å². The highest BCUT2D eigenvalue weighted by Crippen LogP contribution is 2.35. The second-order valence-corrected chi connectivity index (χ2v) is 20.7. The van der Waals surface area contributed by atoms with Crippen molar-refractivity contribution in [3.8, 4) is 16.1 Å². The number of aryl methyl sites for hydroxylation is 2. The summed E-state index contributed by atoms with van der Waals surface area (Å²) < 4.78 is 54.4. The molecule has 0 spiro atoms. The van der Waals surface area contributed by atoms with Crippen molar-refractivity contribution in [2.75, 3.05) is 39.5 Å². The number of thiazole rings is 1. The van der Waals surface area contributed by atoms with Gasteiger partial charge in [-0.05, 0) is 78.8 Å². The maximum atomic E-state index is 14.0. The number of alkyl halides is 3. The highest BCUT2D eigenvalue weighted by Gasteiger charge is 2.44. The van der Waals surface area contributed by atoms with Crippen molar-refractivity contribution in [1.82, 2.24) is 40.2 Å². The first-order valence-electron chi connectivity index (χ1n) is 25.0. The zero-order valence-corrected chi connectivity index (χ0v) is 43.0. The van der Waals surface area contributed by atoms with Gasteiger partial charge in [0.15, 0.2) is 5.65 Å². The molecule has 0 saturated carbocycles. The standard InChI is InChI=1S/C54H67F3N8O7S/c1-35-47(73-34-60-35)37-16-14-36(15-17-37)31-59-51(69)45-30-41(66)32-64(45)52(70)48(53(2,3)4)61-46(67)13-11-9-7-6-8-10-12-25-71-27-28-72-26-24-58-50(68)38-18-23-44-42(29-38)43-33-63(5)62-49(43)65(44)40-21-19-39(20-22-40)54(55,56)57/h14-23,29,33-34,41,45,48,66H,6-13,24-28,30-32H2,1-5H3,(H,58,68)(H,59,69)(H,61,67)/t41-,45+,48-/m1/s1. The summed E-state index contributed by atoms with van der Waals surface area (Å²) in [4.78, 5) is 60.4. The van der Waals surface area contributed by atoms with E-state index >= 15 is 0 Å². The fourth-order valence-electron chi connectivity index (χ4n) is 9.14. The summed E-state index contributed by atoms with van der Waals surface area (Å²) >= 11 is 1.58. The largest absolute Gasteiger partial charge is 0.416 e. The van der Waals surface area contributed by atoms with E-state index in [0.717, 1.165) is 83.1 Å². The van der Waals surface area contributed by atoms with Crippen molar-refractivity contribution >= 4 is 56.9 Å². The minimum atomic E-state index is -4.44. The van der Waals surface area contributed by atoms with Crippen molar-refractivity contribution < 1.29 is 46.9 Å². The third kappa shape index (κ3) is 14.3. The average Bonchev–Trinajstić information content (AvgIpc) is 4.14. The Morgan fingerprint density at radius 3 is 2.21 bits per heavy atom. The van der Waals surface area contributed by atoms with Crippen LogP contribution in [-0.2, 0) is 43.6 Å². The Morgan fingerprint density at radius 2 is 1.53 bits per heavy atom. The summed E-state index contributed by atoms with van der Waals surface area (Å²) in [6.07, 6.45) is 3.53. The molecule has 1 fully saturated rings. The Bertz CT molecular complexity index is 2820. The van der Waals surface area contributed by atoms with Gasteiger partial charge in [-0.1, -0.05) is 77.1 Å². The summed E-state index contributed by atoms with van der Waals surface area (Å²) in [7, 11) is 1.76. The number of carbonyl (C=O) groups is 4. The second-order valence-electron chi connectivity index (χ2n) is 19.8. The van der Waals surface area contributed by atoms with Crippen LogP contribution in [0.5, 0.6) is 0 Å². The number of hydrogen-bond acceptors (Lipinski definition) is 10. The van der Waals surface area contributed by atoms with Crippen LogP contribution in [0.25, 0.3) is 38.1 Å². The molecule has 3 atom stereocenters. The normalized spacial score (nSPS) is 15.5. The predicted molar refractivity (Wildman–Crippen MR) is 275 cm³/mol. The number of β-amino-alcohol motifs (C(OH)–C–C–N with tert-alkyl or cyclic N) is 1. The highest BCUT2D eigenvalue weighted by molar-refractivity contribution is 7.13. The minimum absolute atomic E-state index is 0.0195. The molecule has 4 N–H and O–H groups in total. The van der Waals surface area contributed by atoms with Gasteiger partial charge in [-0.3, -0.25) is 28.4 Å². The Labute approximate surface area is 427 Å². The van der Waals surface area contributed by atoms with E-state index in [0.29, 0.717) is 61.8 Å². The quantitative estimate of drug-likeness (QED) is 0.0432. The minimum Gasteiger partial charge on any atom is -0.391 e. The Balaban J connectivity index is 0.723. The molecule has 6 aromatic rings. The molecular weight excluding hydrogens is 962 g/mol. The van der Waals surface area contributed by atoms with E-state index in [4.69, 9.17) is 9.47 Å². The summed E-state index contributed by atoms with van der Waals surface area (Å²) in [5.41, 5.74) is 5.62. The topological polar surface area (TPSA) is 182 Å². The molecule has 73 heavy (non-hydrogen) atoms. The van der Waals surface area contributed by atoms with Crippen LogP contribution in [0.2, 0.25) is 0 Å². The second kappa shape index (κ2) is 24.7. The van der Waals surface area contributed by atoms with Crippen LogP contribution in [0.4, 0.5) is 13.2 Å². The van der Waals surface area contributed by atoms with E-state index in [1.165, 1.54) is 17.0 Å². The Morgan fingerprint density at radius 1 is 0.849 bits per heavy atom. The number of rotatable bonds is 24. The number of aliphatic hydroxyl groups is 1. The van der Waals surface area contributed by atoms with Crippen LogP contribution in [0, 0.1) is 12.3 Å². The predicted octanol–water partition coefficient (Wildman–Crippen LogP) is 8.66. The van der Waals surface area contributed by atoms with Crippen molar-refractivity contribution in [2.24, 2.45) is 12.5 Å². The van der Waals surface area contributed by atoms with Gasteiger partial charge in [-0.15, -0.1) is 11.3 Å². The molecule has 15 nitrogen and oxygen atoms in total. The molecule has 0 bridgehead atoms. The fourth-order valence-corrected chi connectivity index (χ4v) is 9.95. The molecule has 1 aliphatic heterocycles. The molecule has 1 saturated heterocycles. The third-order valence-corrected chi connectivity index (χ3v) is 14.0. The lowest BCUT2D eigenvalue weighted by Crippen LogP contribution is -2.57. The van der Waals surface area contributed by atoms with Crippen molar-refractivity contribution in [2.45, 2.75) is 116 Å². The molecule has 4 heterocycles. The van der Waals surface area contributed by atoms with E-state index in [9.17, 15) is 37.5 Å². The van der Waals surface area contributed by atoms with Crippen LogP contribution in [-0.4, -0.2) is 111 Å². The zero-order chi connectivity index (χ0) is 52.3. The lowest BCUT2D eigenvalue weighted by molar-refractivity contribution is -0.144. The number of benzene rings is 3. The van der Waals surface area contributed by atoms with Crippen LogP contribution < -0.4 is 16.0 Å². The van der Waals surface area contributed by atoms with E-state index in [-0.39, 0.29) is 49.6 Å². The molecule has 0 radical (unpaired) electrons. The smallest absolute Gasteiger partial charge is 0.391 e. The van der Waals surface area contributed by atoms with Crippen molar-refractivity contribution in [3.63, 3.8) is 0 Å². The van der Waals surface area contributed by atoms with E-state index in [1.807, 2.05) is 63.7 Å². The number of halogens is 3. The molecule has 7 rings (SSSR count). The molecule has 19 heteroatoms. The average molecular weight is 1030 g/mol. The Kier molecular flexibility index (Phi) is 18.5.